The molecule has 2 rings (SSSR count). The van der Waals surface area contributed by atoms with Crippen LogP contribution < -0.4 is 4.74 Å². The summed E-state index contributed by atoms with van der Waals surface area (Å²) in [6.07, 6.45) is 0. The van der Waals surface area contributed by atoms with Crippen molar-refractivity contribution in [2.75, 3.05) is 0 Å². The lowest BCUT2D eigenvalue weighted by atomic mass is 10.3. The molecule has 1 aliphatic rings. The Balaban J connectivity index is 2.27. The van der Waals surface area contributed by atoms with Crippen molar-refractivity contribution in [2.24, 2.45) is 0 Å². The molecular formula is C7H5NO3S. The maximum Gasteiger partial charge on any atom is 0.408 e. The molecule has 12 heavy (non-hydrogen) atoms. The summed E-state index contributed by atoms with van der Waals surface area (Å²) in [5, 5.41) is 10.3. The molecule has 1 heterocycles. The van der Waals surface area contributed by atoms with Crippen LogP contribution in [-0.2, 0) is 0 Å². The van der Waals surface area contributed by atoms with E-state index in [9.17, 15) is 10.1 Å². The van der Waals surface area contributed by atoms with Crippen molar-refractivity contribution < 1.29 is 9.66 Å². The SMILES string of the molecule is O=[N+]([O-])C1Oc2ccccc2S1. The van der Waals surface area contributed by atoms with E-state index in [1.807, 2.05) is 12.1 Å². The number of fused-ring (bicyclic) bond motifs is 1. The minimum atomic E-state index is -0.970. The Morgan fingerprint density at radius 3 is 2.92 bits per heavy atom. The van der Waals surface area contributed by atoms with E-state index < -0.39 is 10.5 Å². The Labute approximate surface area is 72.7 Å². The van der Waals surface area contributed by atoms with Gasteiger partial charge in [-0.05, 0) is 12.1 Å². The zero-order valence-electron chi connectivity index (χ0n) is 5.97. The van der Waals surface area contributed by atoms with Crippen molar-refractivity contribution in [1.82, 2.24) is 0 Å². The predicted octanol–water partition coefficient (Wildman–Crippen LogP) is 1.73. The van der Waals surface area contributed by atoms with Gasteiger partial charge in [0, 0.05) is 11.8 Å². The van der Waals surface area contributed by atoms with E-state index in [2.05, 4.69) is 0 Å². The summed E-state index contributed by atoms with van der Waals surface area (Å²) in [5.74, 6) is 0.601. The highest BCUT2D eigenvalue weighted by Gasteiger charge is 2.32. The number of thioether (sulfide) groups is 1. The average molecular weight is 183 g/mol. The fraction of sp³-hybridized carbons (Fsp3) is 0.143. The molecule has 0 saturated carbocycles. The molecule has 0 aromatic heterocycles. The van der Waals surface area contributed by atoms with Gasteiger partial charge in [-0.25, -0.2) is 0 Å². The minimum absolute atomic E-state index is 0.440. The van der Waals surface area contributed by atoms with Crippen LogP contribution in [0.5, 0.6) is 5.75 Å². The lowest BCUT2D eigenvalue weighted by molar-refractivity contribution is -0.530. The molecule has 5 heteroatoms. The third-order valence-corrected chi connectivity index (χ3v) is 2.54. The molecule has 1 aromatic carbocycles. The van der Waals surface area contributed by atoms with Gasteiger partial charge in [0.15, 0.2) is 0 Å². The maximum atomic E-state index is 10.3. The van der Waals surface area contributed by atoms with Crippen LogP contribution in [0, 0.1) is 10.1 Å². The van der Waals surface area contributed by atoms with Gasteiger partial charge in [-0.2, -0.15) is 0 Å². The summed E-state index contributed by atoms with van der Waals surface area (Å²) in [6.45, 7) is 0. The zero-order chi connectivity index (χ0) is 8.55. The minimum Gasteiger partial charge on any atom is -0.420 e. The van der Waals surface area contributed by atoms with Crippen molar-refractivity contribution in [3.05, 3.63) is 34.4 Å². The van der Waals surface area contributed by atoms with Gasteiger partial charge in [-0.3, -0.25) is 10.1 Å². The number of hydrogen-bond acceptors (Lipinski definition) is 4. The molecule has 62 valence electrons. The van der Waals surface area contributed by atoms with Gasteiger partial charge in [-0.1, -0.05) is 12.1 Å². The molecule has 0 aliphatic carbocycles. The highest BCUT2D eigenvalue weighted by molar-refractivity contribution is 8.00. The highest BCUT2D eigenvalue weighted by atomic mass is 32.2. The second kappa shape index (κ2) is 2.67. The Hall–Kier alpha value is -1.23. The molecular weight excluding hydrogens is 178 g/mol. The number of ether oxygens (including phenoxy) is 1. The maximum absolute atomic E-state index is 10.3. The van der Waals surface area contributed by atoms with Crippen molar-refractivity contribution >= 4 is 11.8 Å². The van der Waals surface area contributed by atoms with Crippen LogP contribution in [0.4, 0.5) is 0 Å². The predicted molar refractivity (Wildman–Crippen MR) is 43.7 cm³/mol. The van der Waals surface area contributed by atoms with Crippen LogP contribution in [0.1, 0.15) is 0 Å². The Morgan fingerprint density at radius 2 is 2.25 bits per heavy atom. The molecule has 0 amide bonds. The number of benzene rings is 1. The second-order valence-electron chi connectivity index (χ2n) is 2.27. The molecule has 4 nitrogen and oxygen atoms in total. The van der Waals surface area contributed by atoms with E-state index in [0.717, 1.165) is 16.7 Å². The molecule has 0 spiro atoms. The van der Waals surface area contributed by atoms with Crippen LogP contribution in [0.25, 0.3) is 0 Å². The van der Waals surface area contributed by atoms with Crippen LogP contribution in [0.2, 0.25) is 0 Å². The summed E-state index contributed by atoms with van der Waals surface area (Å²) in [6, 6.07) is 7.16. The molecule has 0 N–H and O–H groups in total. The van der Waals surface area contributed by atoms with Crippen LogP contribution >= 0.6 is 11.8 Å². The lowest BCUT2D eigenvalue weighted by Crippen LogP contribution is -2.18. The molecule has 0 bridgehead atoms. The number of para-hydroxylation sites is 1. The van der Waals surface area contributed by atoms with Gasteiger partial charge in [0.1, 0.15) is 5.75 Å². The quantitative estimate of drug-likeness (QED) is 0.491. The Morgan fingerprint density at radius 1 is 1.50 bits per heavy atom. The van der Waals surface area contributed by atoms with E-state index in [-0.39, 0.29) is 0 Å². The third kappa shape index (κ3) is 1.12. The zero-order valence-corrected chi connectivity index (χ0v) is 6.78. The smallest absolute Gasteiger partial charge is 0.408 e. The summed E-state index contributed by atoms with van der Waals surface area (Å²) in [4.78, 5) is 10.7. The Kier molecular flexibility index (Phi) is 1.65. The summed E-state index contributed by atoms with van der Waals surface area (Å²) >= 11 is 1.12. The van der Waals surface area contributed by atoms with Crippen molar-refractivity contribution in [1.29, 1.82) is 0 Å². The van der Waals surface area contributed by atoms with E-state index in [1.165, 1.54) is 0 Å². The second-order valence-corrected chi connectivity index (χ2v) is 3.35. The van der Waals surface area contributed by atoms with E-state index in [4.69, 9.17) is 4.74 Å². The fourth-order valence-corrected chi connectivity index (χ4v) is 1.82. The molecule has 0 saturated heterocycles. The standard InChI is InChI=1S/C7H5NO3S/c9-8(10)7-11-5-3-1-2-4-6(5)12-7/h1-4,7H. The molecule has 1 unspecified atom stereocenters. The van der Waals surface area contributed by atoms with Crippen LogP contribution in [0.15, 0.2) is 29.2 Å². The van der Waals surface area contributed by atoms with Crippen molar-refractivity contribution in [2.45, 2.75) is 10.5 Å². The van der Waals surface area contributed by atoms with Crippen LogP contribution in [-0.4, -0.2) is 10.5 Å². The van der Waals surface area contributed by atoms with Crippen molar-refractivity contribution in [3.8, 4) is 5.75 Å². The summed E-state index contributed by atoms with van der Waals surface area (Å²) in [7, 11) is 0. The third-order valence-electron chi connectivity index (χ3n) is 1.48. The number of hydrogen-bond donors (Lipinski definition) is 0. The first-order chi connectivity index (χ1) is 5.77. The molecule has 1 atom stereocenters. The summed E-state index contributed by atoms with van der Waals surface area (Å²) in [5.41, 5.74) is -0.970. The first-order valence-corrected chi connectivity index (χ1v) is 4.21. The molecule has 1 aliphatic heterocycles. The number of rotatable bonds is 1. The first-order valence-electron chi connectivity index (χ1n) is 3.33. The first kappa shape index (κ1) is 7.42. The highest BCUT2D eigenvalue weighted by Crippen LogP contribution is 2.40. The number of nitro groups is 1. The summed E-state index contributed by atoms with van der Waals surface area (Å²) < 4.78 is 5.03. The van der Waals surface area contributed by atoms with Gasteiger partial charge in [0.05, 0.1) is 9.82 Å². The van der Waals surface area contributed by atoms with E-state index >= 15 is 0 Å². The topological polar surface area (TPSA) is 52.4 Å². The van der Waals surface area contributed by atoms with Crippen LogP contribution in [0.3, 0.4) is 0 Å². The van der Waals surface area contributed by atoms with Gasteiger partial charge in [0.25, 0.3) is 0 Å². The largest absolute Gasteiger partial charge is 0.420 e. The normalized spacial score (nSPS) is 19.8. The monoisotopic (exact) mass is 183 g/mol. The van der Waals surface area contributed by atoms with Gasteiger partial charge in [0.2, 0.25) is 0 Å². The fourth-order valence-electron chi connectivity index (χ4n) is 0.972. The molecule has 0 radical (unpaired) electrons. The Bertz CT molecular complexity index is 303. The van der Waals surface area contributed by atoms with E-state index in [0.29, 0.717) is 5.75 Å². The van der Waals surface area contributed by atoms with Gasteiger partial charge < -0.3 is 4.74 Å². The average Bonchev–Trinajstić information content (AvgIpc) is 2.46. The lowest BCUT2D eigenvalue weighted by Gasteiger charge is -1.98. The molecule has 0 fully saturated rings. The van der Waals surface area contributed by atoms with Gasteiger partial charge in [-0.15, -0.1) is 0 Å². The van der Waals surface area contributed by atoms with Crippen molar-refractivity contribution in [3.63, 3.8) is 0 Å². The van der Waals surface area contributed by atoms with Gasteiger partial charge >= 0.3 is 5.56 Å². The molecule has 1 aromatic rings. The van der Waals surface area contributed by atoms with E-state index in [1.54, 1.807) is 12.1 Å². The number of nitrogens with zero attached hydrogens (tertiary/aromatic N) is 1.